The molecule has 10 heteroatoms. The van der Waals surface area contributed by atoms with Crippen LogP contribution in [0.15, 0.2) is 53.1 Å². The normalized spacial score (nSPS) is 12.4. The lowest BCUT2D eigenvalue weighted by molar-refractivity contribution is -0.122. The first kappa shape index (κ1) is 21.8. The molecule has 0 spiro atoms. The zero-order valence-corrected chi connectivity index (χ0v) is 18.2. The highest BCUT2D eigenvalue weighted by Crippen LogP contribution is 2.26. The molecule has 1 aromatic heterocycles. The summed E-state index contributed by atoms with van der Waals surface area (Å²) in [6, 6.07) is 13.1. The molecular formula is C20H21ClN4O4S. The molecule has 158 valence electrons. The third-order valence-electron chi connectivity index (χ3n) is 4.41. The summed E-state index contributed by atoms with van der Waals surface area (Å²) in [5, 5.41) is 6.94. The van der Waals surface area contributed by atoms with Crippen molar-refractivity contribution >= 4 is 33.2 Å². The molecule has 0 saturated heterocycles. The van der Waals surface area contributed by atoms with Gasteiger partial charge in [0.15, 0.2) is 0 Å². The largest absolute Gasteiger partial charge is 0.345 e. The number of halogens is 1. The molecule has 0 radical (unpaired) electrons. The van der Waals surface area contributed by atoms with E-state index < -0.39 is 22.0 Å². The fourth-order valence-electron chi connectivity index (χ4n) is 2.87. The second kappa shape index (κ2) is 8.85. The van der Waals surface area contributed by atoms with Gasteiger partial charge >= 0.3 is 0 Å². The van der Waals surface area contributed by atoms with E-state index in [-0.39, 0.29) is 12.4 Å². The number of aromatic nitrogens is 2. The molecule has 0 saturated carbocycles. The summed E-state index contributed by atoms with van der Waals surface area (Å²) >= 11 is 6.14. The summed E-state index contributed by atoms with van der Waals surface area (Å²) in [5.41, 5.74) is 1.89. The Labute approximate surface area is 179 Å². The number of anilines is 1. The van der Waals surface area contributed by atoms with Crippen LogP contribution in [0.5, 0.6) is 0 Å². The van der Waals surface area contributed by atoms with Crippen molar-refractivity contribution in [2.45, 2.75) is 26.4 Å². The van der Waals surface area contributed by atoms with E-state index in [1.807, 2.05) is 30.3 Å². The summed E-state index contributed by atoms with van der Waals surface area (Å²) in [4.78, 5) is 16.9. The molecule has 0 aliphatic carbocycles. The molecule has 1 amide bonds. The number of nitrogens with one attached hydrogen (secondary N) is 1. The molecule has 0 aliphatic heterocycles. The Bertz CT molecular complexity index is 1150. The average molecular weight is 449 g/mol. The first-order chi connectivity index (χ1) is 14.2. The van der Waals surface area contributed by atoms with E-state index in [4.69, 9.17) is 16.1 Å². The zero-order chi connectivity index (χ0) is 21.9. The minimum atomic E-state index is -3.74. The van der Waals surface area contributed by atoms with E-state index in [1.54, 1.807) is 19.1 Å². The van der Waals surface area contributed by atoms with Crippen molar-refractivity contribution in [3.63, 3.8) is 0 Å². The van der Waals surface area contributed by atoms with Crippen molar-refractivity contribution in [2.24, 2.45) is 0 Å². The van der Waals surface area contributed by atoms with E-state index in [0.717, 1.165) is 21.7 Å². The zero-order valence-electron chi connectivity index (χ0n) is 16.7. The highest BCUT2D eigenvalue weighted by molar-refractivity contribution is 7.92. The fourth-order valence-corrected chi connectivity index (χ4v) is 4.21. The first-order valence-corrected chi connectivity index (χ1v) is 11.3. The van der Waals surface area contributed by atoms with Crippen LogP contribution in [0.2, 0.25) is 5.02 Å². The van der Waals surface area contributed by atoms with Crippen LogP contribution in [0.4, 0.5) is 5.69 Å². The maximum absolute atomic E-state index is 12.7. The van der Waals surface area contributed by atoms with Crippen molar-refractivity contribution < 1.29 is 17.7 Å². The number of benzene rings is 2. The molecule has 1 heterocycles. The third kappa shape index (κ3) is 4.98. The Hall–Kier alpha value is -2.91. The van der Waals surface area contributed by atoms with Crippen LogP contribution >= 0.6 is 11.6 Å². The quantitative estimate of drug-likeness (QED) is 0.595. The SMILES string of the molecule is Cc1ccc(N(C(C)C(=O)NCc2nc(-c3ccccc3)no2)S(C)(=O)=O)cc1Cl. The minimum Gasteiger partial charge on any atom is -0.345 e. The van der Waals surface area contributed by atoms with Crippen molar-refractivity contribution in [3.05, 3.63) is 65.0 Å². The second-order valence-electron chi connectivity index (χ2n) is 6.76. The summed E-state index contributed by atoms with van der Waals surface area (Å²) in [5.74, 6) is 0.0928. The van der Waals surface area contributed by atoms with Crippen LogP contribution in [0.3, 0.4) is 0 Å². The van der Waals surface area contributed by atoms with Crippen molar-refractivity contribution in [1.82, 2.24) is 15.5 Å². The summed E-state index contributed by atoms with van der Waals surface area (Å²) in [6.07, 6.45) is 1.04. The fraction of sp³-hybridized carbons (Fsp3) is 0.250. The second-order valence-corrected chi connectivity index (χ2v) is 9.03. The molecule has 3 aromatic rings. The molecule has 1 unspecified atom stereocenters. The number of sulfonamides is 1. The Morgan fingerprint density at radius 3 is 2.57 bits per heavy atom. The van der Waals surface area contributed by atoms with Crippen LogP contribution in [0, 0.1) is 6.92 Å². The lowest BCUT2D eigenvalue weighted by Crippen LogP contribution is -2.47. The number of hydrogen-bond donors (Lipinski definition) is 1. The smallest absolute Gasteiger partial charge is 0.246 e. The maximum Gasteiger partial charge on any atom is 0.246 e. The number of aryl methyl sites for hydroxylation is 1. The number of nitrogens with zero attached hydrogens (tertiary/aromatic N) is 3. The van der Waals surface area contributed by atoms with Gasteiger partial charge in [-0.3, -0.25) is 9.10 Å². The standard InChI is InChI=1S/C20H21ClN4O4S/c1-13-9-10-16(11-17(13)21)25(30(3,27)28)14(2)20(26)22-12-18-23-19(24-29-18)15-7-5-4-6-8-15/h4-11,14H,12H2,1-3H3,(H,22,26). The summed E-state index contributed by atoms with van der Waals surface area (Å²) in [6.45, 7) is 3.27. The van der Waals surface area contributed by atoms with Gasteiger partial charge in [0.05, 0.1) is 18.5 Å². The molecule has 1 N–H and O–H groups in total. The van der Waals surface area contributed by atoms with Crippen LogP contribution in [-0.4, -0.2) is 36.8 Å². The Balaban J connectivity index is 1.73. The maximum atomic E-state index is 12.7. The molecule has 30 heavy (non-hydrogen) atoms. The van der Waals surface area contributed by atoms with Gasteiger partial charge in [0, 0.05) is 10.6 Å². The third-order valence-corrected chi connectivity index (χ3v) is 6.06. The van der Waals surface area contributed by atoms with Crippen molar-refractivity contribution in [2.75, 3.05) is 10.6 Å². The highest BCUT2D eigenvalue weighted by Gasteiger charge is 2.29. The van der Waals surface area contributed by atoms with E-state index >= 15 is 0 Å². The van der Waals surface area contributed by atoms with Crippen LogP contribution in [-0.2, 0) is 21.4 Å². The first-order valence-electron chi connectivity index (χ1n) is 9.08. The average Bonchev–Trinajstić information content (AvgIpc) is 3.17. The monoisotopic (exact) mass is 448 g/mol. The van der Waals surface area contributed by atoms with Crippen LogP contribution in [0.25, 0.3) is 11.4 Å². The van der Waals surface area contributed by atoms with Gasteiger partial charge in [-0.25, -0.2) is 8.42 Å². The highest BCUT2D eigenvalue weighted by atomic mass is 35.5. The number of carbonyl (C=O) groups is 1. The van der Waals surface area contributed by atoms with Gasteiger partial charge in [0.25, 0.3) is 0 Å². The predicted molar refractivity (Wildman–Crippen MR) is 115 cm³/mol. The van der Waals surface area contributed by atoms with Gasteiger partial charge in [0.2, 0.25) is 27.6 Å². The topological polar surface area (TPSA) is 105 Å². The van der Waals surface area contributed by atoms with E-state index in [1.165, 1.54) is 13.0 Å². The number of rotatable bonds is 7. The van der Waals surface area contributed by atoms with E-state index in [0.29, 0.717) is 16.5 Å². The Kier molecular flexibility index (Phi) is 6.42. The van der Waals surface area contributed by atoms with Crippen molar-refractivity contribution in [1.29, 1.82) is 0 Å². The van der Waals surface area contributed by atoms with Gasteiger partial charge in [-0.1, -0.05) is 53.2 Å². The van der Waals surface area contributed by atoms with Crippen LogP contribution < -0.4 is 9.62 Å². The molecule has 0 bridgehead atoms. The summed E-state index contributed by atoms with van der Waals surface area (Å²) in [7, 11) is -3.74. The minimum absolute atomic E-state index is 0.0325. The molecule has 2 aromatic carbocycles. The Morgan fingerprint density at radius 2 is 1.93 bits per heavy atom. The number of carbonyl (C=O) groups excluding carboxylic acids is 1. The predicted octanol–water partition coefficient (Wildman–Crippen LogP) is 3.17. The molecule has 3 rings (SSSR count). The van der Waals surface area contributed by atoms with Gasteiger partial charge < -0.3 is 9.84 Å². The van der Waals surface area contributed by atoms with Gasteiger partial charge in [-0.2, -0.15) is 4.98 Å². The summed E-state index contributed by atoms with van der Waals surface area (Å²) < 4.78 is 30.9. The van der Waals surface area contributed by atoms with E-state index in [9.17, 15) is 13.2 Å². The lowest BCUT2D eigenvalue weighted by atomic mass is 10.2. The number of amides is 1. The number of hydrogen-bond acceptors (Lipinski definition) is 6. The lowest BCUT2D eigenvalue weighted by Gasteiger charge is -2.28. The molecule has 8 nitrogen and oxygen atoms in total. The molecular weight excluding hydrogens is 428 g/mol. The van der Waals surface area contributed by atoms with Crippen LogP contribution in [0.1, 0.15) is 18.4 Å². The Morgan fingerprint density at radius 1 is 1.23 bits per heavy atom. The van der Waals surface area contributed by atoms with E-state index in [2.05, 4.69) is 15.5 Å². The molecule has 0 fully saturated rings. The van der Waals surface area contributed by atoms with Gasteiger partial charge in [0.1, 0.15) is 6.04 Å². The van der Waals surface area contributed by atoms with Gasteiger partial charge in [-0.15, -0.1) is 0 Å². The molecule has 0 aliphatic rings. The van der Waals surface area contributed by atoms with Gasteiger partial charge in [-0.05, 0) is 31.5 Å². The molecule has 1 atom stereocenters. The van der Waals surface area contributed by atoms with Crippen molar-refractivity contribution in [3.8, 4) is 11.4 Å².